The minimum Gasteiger partial charge on any atom is -0.388 e. The molecule has 1 fully saturated rings. The Morgan fingerprint density at radius 1 is 1.10 bits per heavy atom. The van der Waals surface area contributed by atoms with E-state index in [2.05, 4.69) is 23.1 Å². The smallest absolute Gasteiger partial charge is 0.259 e. The summed E-state index contributed by atoms with van der Waals surface area (Å²) < 4.78 is 9.71. The van der Waals surface area contributed by atoms with Gasteiger partial charge in [-0.1, -0.05) is 55.8 Å². The summed E-state index contributed by atoms with van der Waals surface area (Å²) in [6.07, 6.45) is 8.11. The molecule has 0 bridgehead atoms. The number of nitriles is 1. The van der Waals surface area contributed by atoms with Crippen LogP contribution in [0.15, 0.2) is 59.7 Å². The first-order valence-electron chi connectivity index (χ1n) is 14.7. The number of ether oxygens (including phenoxy) is 1. The van der Waals surface area contributed by atoms with Crippen LogP contribution in [0.25, 0.3) is 16.9 Å². The Labute approximate surface area is 241 Å². The molecule has 0 atom stereocenters. The normalized spacial score (nSPS) is 17.5. The minimum absolute atomic E-state index is 0.0105. The molecule has 0 amide bonds. The van der Waals surface area contributed by atoms with Gasteiger partial charge >= 0.3 is 0 Å². The van der Waals surface area contributed by atoms with Gasteiger partial charge in [-0.25, -0.2) is 4.52 Å². The molecule has 1 saturated carbocycles. The Hall–Kier alpha value is -3.80. The summed E-state index contributed by atoms with van der Waals surface area (Å²) in [4.78, 5) is 18.8. The van der Waals surface area contributed by atoms with Gasteiger partial charge < -0.3 is 9.84 Å². The van der Waals surface area contributed by atoms with Gasteiger partial charge in [-0.2, -0.15) is 15.3 Å². The summed E-state index contributed by atoms with van der Waals surface area (Å²) in [6, 6.07) is 18.0. The molecular weight excluding hydrogens is 514 g/mol. The predicted molar refractivity (Wildman–Crippen MR) is 159 cm³/mol. The minimum atomic E-state index is -0.859. The Morgan fingerprint density at radius 3 is 2.51 bits per heavy atom. The largest absolute Gasteiger partial charge is 0.388 e. The maximum absolute atomic E-state index is 14.3. The highest BCUT2D eigenvalue weighted by molar-refractivity contribution is 5.70. The average Bonchev–Trinajstić information content (AvgIpc) is 3.46. The van der Waals surface area contributed by atoms with Gasteiger partial charge in [-0.3, -0.25) is 9.36 Å². The molecule has 4 aromatic rings. The molecule has 0 saturated heterocycles. The molecule has 0 spiro atoms. The first-order valence-corrected chi connectivity index (χ1v) is 14.7. The Kier molecular flexibility index (Phi) is 8.67. The molecule has 5 rings (SSSR count). The topological polar surface area (TPSA) is 105 Å². The molecule has 41 heavy (non-hydrogen) atoms. The molecule has 0 unspecified atom stereocenters. The number of nitrogens with zero attached hydrogens (tertiary/aromatic N) is 5. The molecule has 2 aromatic carbocycles. The lowest BCUT2D eigenvalue weighted by atomic mass is 9.92. The molecule has 0 aliphatic heterocycles. The van der Waals surface area contributed by atoms with Crippen molar-refractivity contribution in [3.63, 3.8) is 0 Å². The van der Waals surface area contributed by atoms with Crippen LogP contribution in [0.4, 0.5) is 0 Å². The summed E-state index contributed by atoms with van der Waals surface area (Å²) in [5, 5.41) is 24.1. The fraction of sp³-hybridized carbons (Fsp3) is 0.455. The Bertz CT molecular complexity index is 1580. The monoisotopic (exact) mass is 553 g/mol. The van der Waals surface area contributed by atoms with Crippen LogP contribution < -0.4 is 5.56 Å². The van der Waals surface area contributed by atoms with Crippen LogP contribution >= 0.6 is 0 Å². The number of fused-ring (bicyclic) bond motifs is 1. The van der Waals surface area contributed by atoms with E-state index in [1.165, 1.54) is 0 Å². The standard InChI is InChI=1S/C33H39N5O3/c1-4-5-10-30-29(19-23-11-13-24(14-12-23)28-9-7-6-8-25(28)20-34)31(39)37(32-35-22-36-38(30)32)26-15-17-27(18-16-26)41-21-33(2,3)40/h6-9,11-14,22,26-27,40H,4-5,10,15-19,21H2,1-3H3. The van der Waals surface area contributed by atoms with Crippen molar-refractivity contribution >= 4 is 5.78 Å². The highest BCUT2D eigenvalue weighted by Crippen LogP contribution is 2.31. The van der Waals surface area contributed by atoms with E-state index in [9.17, 15) is 15.2 Å². The second kappa shape index (κ2) is 12.4. The summed E-state index contributed by atoms with van der Waals surface area (Å²) in [5.41, 5.74) is 4.40. The molecule has 2 aromatic heterocycles. The van der Waals surface area contributed by atoms with Crippen LogP contribution in [0.1, 0.15) is 87.7 Å². The van der Waals surface area contributed by atoms with Crippen molar-refractivity contribution in [1.29, 1.82) is 5.26 Å². The van der Waals surface area contributed by atoms with Gasteiger partial charge in [0.05, 0.1) is 35.6 Å². The zero-order chi connectivity index (χ0) is 29.0. The number of unbranched alkanes of at least 4 members (excludes halogenated alkanes) is 1. The fourth-order valence-electron chi connectivity index (χ4n) is 5.82. The van der Waals surface area contributed by atoms with Crippen LogP contribution in [0.2, 0.25) is 0 Å². The van der Waals surface area contributed by atoms with E-state index < -0.39 is 5.60 Å². The van der Waals surface area contributed by atoms with Gasteiger partial charge in [-0.05, 0) is 75.1 Å². The van der Waals surface area contributed by atoms with Crippen LogP contribution in [-0.4, -0.2) is 42.6 Å². The van der Waals surface area contributed by atoms with Crippen LogP contribution in [0, 0.1) is 11.3 Å². The van der Waals surface area contributed by atoms with Gasteiger partial charge in [0.25, 0.3) is 5.56 Å². The molecule has 1 N–H and O–H groups in total. The number of benzene rings is 2. The zero-order valence-electron chi connectivity index (χ0n) is 24.2. The van der Waals surface area contributed by atoms with Gasteiger partial charge in [0, 0.05) is 18.0 Å². The lowest BCUT2D eigenvalue weighted by molar-refractivity contribution is -0.0654. The van der Waals surface area contributed by atoms with E-state index in [1.54, 1.807) is 20.2 Å². The van der Waals surface area contributed by atoms with E-state index in [0.717, 1.165) is 72.9 Å². The summed E-state index contributed by atoms with van der Waals surface area (Å²) in [6.45, 7) is 5.95. The third-order valence-electron chi connectivity index (χ3n) is 7.97. The summed E-state index contributed by atoms with van der Waals surface area (Å²) in [5.74, 6) is 0.606. The van der Waals surface area contributed by atoms with Gasteiger partial charge in [0.15, 0.2) is 0 Å². The number of aromatic nitrogens is 4. The maximum Gasteiger partial charge on any atom is 0.259 e. The highest BCUT2D eigenvalue weighted by atomic mass is 16.5. The van der Waals surface area contributed by atoms with Crippen molar-refractivity contribution < 1.29 is 9.84 Å². The van der Waals surface area contributed by atoms with Crippen LogP contribution in [0.5, 0.6) is 0 Å². The van der Waals surface area contributed by atoms with E-state index in [-0.39, 0.29) is 17.7 Å². The maximum atomic E-state index is 14.3. The first-order chi connectivity index (χ1) is 19.8. The second-order valence-corrected chi connectivity index (χ2v) is 11.8. The van der Waals surface area contributed by atoms with E-state index in [0.29, 0.717) is 24.4 Å². The Morgan fingerprint density at radius 2 is 1.83 bits per heavy atom. The van der Waals surface area contributed by atoms with Crippen molar-refractivity contribution in [1.82, 2.24) is 19.2 Å². The number of aliphatic hydroxyl groups is 1. The fourth-order valence-corrected chi connectivity index (χ4v) is 5.82. The van der Waals surface area contributed by atoms with Crippen molar-refractivity contribution in [2.45, 2.75) is 89.9 Å². The molecule has 0 radical (unpaired) electrons. The third kappa shape index (κ3) is 6.42. The van der Waals surface area contributed by atoms with E-state index >= 15 is 0 Å². The van der Waals surface area contributed by atoms with E-state index in [1.807, 2.05) is 57.6 Å². The zero-order valence-corrected chi connectivity index (χ0v) is 24.2. The third-order valence-corrected chi connectivity index (χ3v) is 7.97. The molecule has 1 aliphatic rings. The second-order valence-electron chi connectivity index (χ2n) is 11.8. The van der Waals surface area contributed by atoms with Crippen molar-refractivity contribution in [3.05, 3.63) is 87.6 Å². The van der Waals surface area contributed by atoms with Gasteiger partial charge in [0.2, 0.25) is 5.78 Å². The molecule has 2 heterocycles. The SMILES string of the molecule is CCCCc1c(Cc2ccc(-c3ccccc3C#N)cc2)c(=O)n(C2CCC(OCC(C)(C)O)CC2)c2ncnn12. The molecule has 8 nitrogen and oxygen atoms in total. The number of hydrogen-bond donors (Lipinski definition) is 1. The molecule has 214 valence electrons. The molecule has 8 heteroatoms. The van der Waals surface area contributed by atoms with E-state index in [4.69, 9.17) is 4.74 Å². The molecular formula is C33H39N5O3. The first kappa shape index (κ1) is 28.7. The predicted octanol–water partition coefficient (Wildman–Crippen LogP) is 5.63. The van der Waals surface area contributed by atoms with Crippen molar-refractivity contribution in [2.24, 2.45) is 0 Å². The molecule has 1 aliphatic carbocycles. The number of aryl methyl sites for hydroxylation is 1. The lowest BCUT2D eigenvalue weighted by Crippen LogP contribution is -2.36. The van der Waals surface area contributed by atoms with Crippen molar-refractivity contribution in [3.8, 4) is 17.2 Å². The summed E-state index contributed by atoms with van der Waals surface area (Å²) in [7, 11) is 0. The highest BCUT2D eigenvalue weighted by Gasteiger charge is 2.29. The number of hydrogen-bond acceptors (Lipinski definition) is 6. The van der Waals surface area contributed by atoms with Gasteiger partial charge in [-0.15, -0.1) is 0 Å². The Balaban J connectivity index is 1.46. The van der Waals surface area contributed by atoms with Crippen LogP contribution in [0.3, 0.4) is 0 Å². The average molecular weight is 554 g/mol. The summed E-state index contributed by atoms with van der Waals surface area (Å²) >= 11 is 0. The lowest BCUT2D eigenvalue weighted by Gasteiger charge is -2.32. The van der Waals surface area contributed by atoms with Crippen LogP contribution in [-0.2, 0) is 17.6 Å². The van der Waals surface area contributed by atoms with Gasteiger partial charge in [0.1, 0.15) is 6.33 Å². The quantitative estimate of drug-likeness (QED) is 0.273. The van der Waals surface area contributed by atoms with Crippen molar-refractivity contribution in [2.75, 3.05) is 6.61 Å². The number of rotatable bonds is 10.